The first-order chi connectivity index (χ1) is 15.1. The molecule has 1 aliphatic carbocycles. The van der Waals surface area contributed by atoms with Gasteiger partial charge in [0.25, 0.3) is 0 Å². The predicted molar refractivity (Wildman–Crippen MR) is 116 cm³/mol. The Kier molecular flexibility index (Phi) is 5.61. The zero-order valence-electron chi connectivity index (χ0n) is 18.0. The highest BCUT2D eigenvalue weighted by Crippen LogP contribution is 2.39. The maximum Gasteiger partial charge on any atom is 0.228 e. The smallest absolute Gasteiger partial charge is 0.228 e. The van der Waals surface area contributed by atoms with Crippen molar-refractivity contribution in [2.75, 3.05) is 44.3 Å². The van der Waals surface area contributed by atoms with Gasteiger partial charge < -0.3 is 14.5 Å². The quantitative estimate of drug-likeness (QED) is 0.738. The lowest BCUT2D eigenvalue weighted by Gasteiger charge is -2.37. The molecule has 2 aliphatic heterocycles. The van der Waals surface area contributed by atoms with E-state index < -0.39 is 0 Å². The van der Waals surface area contributed by atoms with E-state index in [4.69, 9.17) is 14.7 Å². The third kappa shape index (κ3) is 4.28. The van der Waals surface area contributed by atoms with E-state index in [1.807, 2.05) is 24.0 Å². The van der Waals surface area contributed by atoms with Gasteiger partial charge in [0.2, 0.25) is 5.91 Å². The summed E-state index contributed by atoms with van der Waals surface area (Å²) >= 11 is 0. The highest BCUT2D eigenvalue weighted by molar-refractivity contribution is 5.79. The number of rotatable bonds is 5. The second kappa shape index (κ2) is 8.54. The Morgan fingerprint density at radius 1 is 1.13 bits per heavy atom. The molecule has 0 spiro atoms. The monoisotopic (exact) mass is 424 g/mol. The average Bonchev–Trinajstić information content (AvgIpc) is 3.50. The number of halogens is 1. The van der Waals surface area contributed by atoms with Gasteiger partial charge in [0.05, 0.1) is 12.5 Å². The maximum atomic E-state index is 14.4. The van der Waals surface area contributed by atoms with Crippen LogP contribution in [0.2, 0.25) is 0 Å². The first-order valence-electron chi connectivity index (χ1n) is 11.3. The van der Waals surface area contributed by atoms with Gasteiger partial charge in [-0.3, -0.25) is 4.79 Å². The Balaban J connectivity index is 1.38. The molecule has 0 unspecified atom stereocenters. The minimum absolute atomic E-state index is 0.00549. The van der Waals surface area contributed by atoms with Gasteiger partial charge in [0, 0.05) is 56.4 Å². The Bertz CT molecular complexity index is 964. The van der Waals surface area contributed by atoms with E-state index in [0.29, 0.717) is 44.2 Å². The molecule has 6 nitrogen and oxygen atoms in total. The van der Waals surface area contributed by atoms with E-state index in [0.717, 1.165) is 55.3 Å². The molecule has 2 saturated heterocycles. The highest BCUT2D eigenvalue weighted by atomic mass is 19.1. The molecule has 7 heteroatoms. The van der Waals surface area contributed by atoms with E-state index in [1.54, 1.807) is 6.07 Å². The molecular formula is C24H29FN4O2. The van der Waals surface area contributed by atoms with Crippen molar-refractivity contribution in [1.29, 1.82) is 0 Å². The number of aryl methyl sites for hydroxylation is 1. The summed E-state index contributed by atoms with van der Waals surface area (Å²) in [4.78, 5) is 26.7. The third-order valence-electron chi connectivity index (χ3n) is 6.65. The number of ether oxygens (including phenoxy) is 1. The van der Waals surface area contributed by atoms with Crippen molar-refractivity contribution in [2.24, 2.45) is 5.92 Å². The number of anilines is 1. The second-order valence-electron chi connectivity index (χ2n) is 8.88. The van der Waals surface area contributed by atoms with Crippen molar-refractivity contribution >= 4 is 11.7 Å². The van der Waals surface area contributed by atoms with Crippen LogP contribution in [0.4, 0.5) is 10.2 Å². The molecule has 3 fully saturated rings. The topological polar surface area (TPSA) is 58.6 Å². The Morgan fingerprint density at radius 2 is 1.90 bits per heavy atom. The molecule has 0 bridgehead atoms. The van der Waals surface area contributed by atoms with Gasteiger partial charge in [0.15, 0.2) is 0 Å². The summed E-state index contributed by atoms with van der Waals surface area (Å²) in [5.74, 6) is 2.28. The Labute approximate surface area is 182 Å². The van der Waals surface area contributed by atoms with Crippen LogP contribution in [-0.2, 0) is 16.0 Å². The second-order valence-corrected chi connectivity index (χ2v) is 8.88. The molecule has 1 aromatic carbocycles. The molecule has 5 rings (SSSR count). The van der Waals surface area contributed by atoms with E-state index in [9.17, 15) is 9.18 Å². The molecule has 1 saturated carbocycles. The number of carbonyl (C=O) groups excluding carboxylic acids is 1. The highest BCUT2D eigenvalue weighted by Gasteiger charge is 2.33. The fourth-order valence-corrected chi connectivity index (χ4v) is 4.55. The van der Waals surface area contributed by atoms with Crippen LogP contribution in [-0.4, -0.2) is 60.2 Å². The van der Waals surface area contributed by atoms with E-state index in [1.165, 1.54) is 6.07 Å². The zero-order chi connectivity index (χ0) is 21.4. The normalized spacial score (nSPS) is 21.5. The van der Waals surface area contributed by atoms with Crippen LogP contribution in [0.25, 0.3) is 0 Å². The minimum Gasteiger partial charge on any atom is -0.381 e. The van der Waals surface area contributed by atoms with Gasteiger partial charge >= 0.3 is 0 Å². The Morgan fingerprint density at radius 3 is 2.58 bits per heavy atom. The largest absolute Gasteiger partial charge is 0.381 e. The van der Waals surface area contributed by atoms with Crippen molar-refractivity contribution in [3.05, 3.63) is 52.7 Å². The number of piperazine rings is 1. The van der Waals surface area contributed by atoms with Crippen LogP contribution < -0.4 is 4.90 Å². The fourth-order valence-electron chi connectivity index (χ4n) is 4.55. The van der Waals surface area contributed by atoms with Crippen molar-refractivity contribution < 1.29 is 13.9 Å². The van der Waals surface area contributed by atoms with Gasteiger partial charge in [-0.1, -0.05) is 18.2 Å². The predicted octanol–water partition coefficient (Wildman–Crippen LogP) is 3.08. The summed E-state index contributed by atoms with van der Waals surface area (Å²) < 4.78 is 19.8. The summed E-state index contributed by atoms with van der Waals surface area (Å²) in [7, 11) is 0. The number of aromatic nitrogens is 2. The lowest BCUT2D eigenvalue weighted by Crippen LogP contribution is -2.51. The molecule has 31 heavy (non-hydrogen) atoms. The molecule has 3 aliphatic rings. The van der Waals surface area contributed by atoms with Crippen LogP contribution >= 0.6 is 0 Å². The van der Waals surface area contributed by atoms with Crippen LogP contribution in [0.15, 0.2) is 24.3 Å². The molecule has 3 heterocycles. The first kappa shape index (κ1) is 20.4. The van der Waals surface area contributed by atoms with Crippen LogP contribution in [0.3, 0.4) is 0 Å². The molecule has 1 atom stereocenters. The SMILES string of the molecule is Cc1nc(C2CC2)nc(N2CCN(C(=O)[C@H]3CCOC3)CC2)c1Cc1ccccc1F. The molecule has 0 N–H and O–H groups in total. The fraction of sp³-hybridized carbons (Fsp3) is 0.542. The zero-order valence-corrected chi connectivity index (χ0v) is 18.0. The maximum absolute atomic E-state index is 14.4. The first-order valence-corrected chi connectivity index (χ1v) is 11.3. The lowest BCUT2D eigenvalue weighted by atomic mass is 10.0. The number of nitrogens with zero attached hydrogens (tertiary/aromatic N) is 4. The van der Waals surface area contributed by atoms with Crippen LogP contribution in [0.1, 0.15) is 47.8 Å². The van der Waals surface area contributed by atoms with E-state index in [2.05, 4.69) is 4.90 Å². The van der Waals surface area contributed by atoms with E-state index >= 15 is 0 Å². The molecule has 164 valence electrons. The number of benzene rings is 1. The summed E-state index contributed by atoms with van der Waals surface area (Å²) in [5, 5.41) is 0. The third-order valence-corrected chi connectivity index (χ3v) is 6.65. The van der Waals surface area contributed by atoms with Crippen LogP contribution in [0, 0.1) is 18.7 Å². The summed E-state index contributed by atoms with van der Waals surface area (Å²) in [5.41, 5.74) is 2.57. The summed E-state index contributed by atoms with van der Waals surface area (Å²) in [6, 6.07) is 6.91. The van der Waals surface area contributed by atoms with Gasteiger partial charge in [-0.15, -0.1) is 0 Å². The van der Waals surface area contributed by atoms with Gasteiger partial charge in [-0.25, -0.2) is 14.4 Å². The summed E-state index contributed by atoms with van der Waals surface area (Å²) in [6.07, 6.45) is 3.56. The molecule has 0 radical (unpaired) electrons. The van der Waals surface area contributed by atoms with Crippen molar-refractivity contribution in [2.45, 2.75) is 38.5 Å². The van der Waals surface area contributed by atoms with E-state index in [-0.39, 0.29) is 17.6 Å². The standard InChI is InChI=1S/C24H29FN4O2/c1-16-20(14-18-4-2-3-5-21(18)25)23(27-22(26-16)17-6-7-17)28-9-11-29(12-10-28)24(30)19-8-13-31-15-19/h2-5,17,19H,6-15H2,1H3/t19-/m0/s1. The number of amides is 1. The van der Waals surface area contributed by atoms with Gasteiger partial charge in [-0.2, -0.15) is 0 Å². The lowest BCUT2D eigenvalue weighted by molar-refractivity contribution is -0.135. The minimum atomic E-state index is -0.201. The van der Waals surface area contributed by atoms with Gasteiger partial charge in [0.1, 0.15) is 17.5 Å². The number of carbonyl (C=O) groups is 1. The molecular weight excluding hydrogens is 395 g/mol. The van der Waals surface area contributed by atoms with Crippen molar-refractivity contribution in [1.82, 2.24) is 14.9 Å². The molecule has 1 amide bonds. The number of hydrogen-bond donors (Lipinski definition) is 0. The van der Waals surface area contributed by atoms with Gasteiger partial charge in [-0.05, 0) is 37.8 Å². The molecule has 2 aromatic rings. The average molecular weight is 425 g/mol. The molecule has 1 aromatic heterocycles. The van der Waals surface area contributed by atoms with Crippen LogP contribution in [0.5, 0.6) is 0 Å². The Hall–Kier alpha value is -2.54. The number of hydrogen-bond acceptors (Lipinski definition) is 5. The van der Waals surface area contributed by atoms with Crippen molar-refractivity contribution in [3.8, 4) is 0 Å². The van der Waals surface area contributed by atoms with Crippen molar-refractivity contribution in [3.63, 3.8) is 0 Å². The summed E-state index contributed by atoms with van der Waals surface area (Å²) in [6.45, 7) is 6.04.